The van der Waals surface area contributed by atoms with Crippen molar-refractivity contribution in [3.8, 4) is 11.4 Å². The summed E-state index contributed by atoms with van der Waals surface area (Å²) in [5.74, 6) is -2.06. The van der Waals surface area contributed by atoms with Crippen LogP contribution in [0.2, 0.25) is 5.02 Å². The van der Waals surface area contributed by atoms with E-state index in [1.807, 2.05) is 0 Å². The monoisotopic (exact) mass is 541 g/mol. The molecule has 38 heavy (non-hydrogen) atoms. The third-order valence-corrected chi connectivity index (χ3v) is 8.33. The van der Waals surface area contributed by atoms with Crippen LogP contribution in [0.4, 0.5) is 8.78 Å². The van der Waals surface area contributed by atoms with E-state index < -0.39 is 23.8 Å². The summed E-state index contributed by atoms with van der Waals surface area (Å²) >= 11 is 6.13. The minimum atomic E-state index is -1.27. The summed E-state index contributed by atoms with van der Waals surface area (Å²) in [5.41, 5.74) is 0.462. The smallest absolute Gasteiger partial charge is 0.243 e. The lowest BCUT2D eigenvalue weighted by molar-refractivity contribution is -0.127. The van der Waals surface area contributed by atoms with E-state index in [1.54, 1.807) is 35.0 Å². The molecule has 8 heteroatoms. The quantitative estimate of drug-likeness (QED) is 0.334. The molecule has 0 spiro atoms. The van der Waals surface area contributed by atoms with Crippen LogP contribution in [-0.4, -0.2) is 26.6 Å². The molecule has 2 aromatic carbocycles. The van der Waals surface area contributed by atoms with Gasteiger partial charge in [-0.05, 0) is 60.9 Å². The second-order valence-corrected chi connectivity index (χ2v) is 11.1. The van der Waals surface area contributed by atoms with Gasteiger partial charge in [0, 0.05) is 23.5 Å². The molecular formula is C30H34ClF2N3O2. The summed E-state index contributed by atoms with van der Waals surface area (Å²) in [4.78, 5) is 18.3. The summed E-state index contributed by atoms with van der Waals surface area (Å²) in [5, 5.41) is 14.9. The first-order valence-corrected chi connectivity index (χ1v) is 14.1. The van der Waals surface area contributed by atoms with Crippen molar-refractivity contribution < 1.29 is 18.7 Å². The van der Waals surface area contributed by atoms with Crippen LogP contribution in [0, 0.1) is 17.6 Å². The van der Waals surface area contributed by atoms with Gasteiger partial charge in [0.2, 0.25) is 5.91 Å². The lowest BCUT2D eigenvalue weighted by Crippen LogP contribution is -2.43. The lowest BCUT2D eigenvalue weighted by atomic mass is 9.82. The average molecular weight is 542 g/mol. The second kappa shape index (κ2) is 12.0. The van der Waals surface area contributed by atoms with Crippen LogP contribution in [0.3, 0.4) is 0 Å². The number of nitrogens with zero attached hydrogens (tertiary/aromatic N) is 2. The van der Waals surface area contributed by atoms with Gasteiger partial charge in [-0.3, -0.25) is 4.79 Å². The van der Waals surface area contributed by atoms with Crippen LogP contribution in [0.5, 0.6) is 0 Å². The Kier molecular flexibility index (Phi) is 8.44. The normalized spacial score (nSPS) is 18.7. The number of carbonyl (C=O) groups is 1. The molecule has 2 aliphatic carbocycles. The maximum Gasteiger partial charge on any atom is 0.243 e. The van der Waals surface area contributed by atoms with Gasteiger partial charge in [0.25, 0.3) is 0 Å². The molecule has 5 rings (SSSR count). The fraction of sp³-hybridized carbons (Fsp3) is 0.467. The number of aromatic nitrogens is 2. The Morgan fingerprint density at radius 3 is 2.45 bits per heavy atom. The number of aliphatic hydroxyl groups excluding tert-OH is 1. The van der Waals surface area contributed by atoms with Crippen molar-refractivity contribution in [2.24, 2.45) is 5.92 Å². The minimum Gasteiger partial charge on any atom is -0.384 e. The highest BCUT2D eigenvalue weighted by Gasteiger charge is 2.35. The summed E-state index contributed by atoms with van der Waals surface area (Å²) in [6.45, 7) is 0. The molecule has 2 fully saturated rings. The number of imidazole rings is 1. The van der Waals surface area contributed by atoms with E-state index in [0.717, 1.165) is 63.9 Å². The van der Waals surface area contributed by atoms with Gasteiger partial charge in [-0.2, -0.15) is 0 Å². The highest BCUT2D eigenvalue weighted by molar-refractivity contribution is 6.30. The van der Waals surface area contributed by atoms with Crippen molar-refractivity contribution in [2.45, 2.75) is 82.4 Å². The molecule has 2 N–H and O–H groups in total. The fourth-order valence-corrected chi connectivity index (χ4v) is 6.36. The van der Waals surface area contributed by atoms with Crippen LogP contribution < -0.4 is 5.32 Å². The molecule has 5 nitrogen and oxygen atoms in total. The molecule has 3 aromatic rings. The van der Waals surface area contributed by atoms with Gasteiger partial charge in [0.05, 0.1) is 5.56 Å². The van der Waals surface area contributed by atoms with Gasteiger partial charge in [0.15, 0.2) is 11.6 Å². The van der Waals surface area contributed by atoms with E-state index in [1.165, 1.54) is 18.7 Å². The summed E-state index contributed by atoms with van der Waals surface area (Å²) in [7, 11) is 0. The molecule has 1 amide bonds. The first-order valence-electron chi connectivity index (χ1n) is 13.7. The van der Waals surface area contributed by atoms with Gasteiger partial charge in [-0.15, -0.1) is 0 Å². The second-order valence-electron chi connectivity index (χ2n) is 10.6. The van der Waals surface area contributed by atoms with Crippen LogP contribution in [0.25, 0.3) is 11.4 Å². The zero-order chi connectivity index (χ0) is 26.6. The maximum atomic E-state index is 15.6. The van der Waals surface area contributed by atoms with Gasteiger partial charge >= 0.3 is 0 Å². The van der Waals surface area contributed by atoms with Crippen molar-refractivity contribution >= 4 is 17.5 Å². The first kappa shape index (κ1) is 26.8. The number of nitrogens with one attached hydrogen (secondary N) is 1. The summed E-state index contributed by atoms with van der Waals surface area (Å²) in [6.07, 6.45) is 12.1. The number of amides is 1. The Balaban J connectivity index is 1.58. The number of rotatable bonds is 7. The van der Waals surface area contributed by atoms with Crippen molar-refractivity contribution in [3.63, 3.8) is 0 Å². The molecule has 1 heterocycles. The predicted octanol–water partition coefficient (Wildman–Crippen LogP) is 7.13. The number of hydrogen-bond donors (Lipinski definition) is 2. The van der Waals surface area contributed by atoms with Crippen molar-refractivity contribution in [1.29, 1.82) is 0 Å². The average Bonchev–Trinajstić information content (AvgIpc) is 3.39. The molecule has 0 bridgehead atoms. The van der Waals surface area contributed by atoms with Gasteiger partial charge < -0.3 is 15.0 Å². The fourth-order valence-electron chi connectivity index (χ4n) is 6.16. The number of hydrogen-bond acceptors (Lipinski definition) is 3. The third kappa shape index (κ3) is 5.64. The standard InChI is InChI=1S/C30H34ClF2N3O2/c31-21-11-7-10-20(18-21)28(37)23-14-15-24(32)26(33)25(23)29-34-16-17-36(29)27(19-8-3-1-4-9-19)30(38)35-22-12-5-2-6-13-22/h7,10-11,14-19,22,27-28,37H,1-6,8-9,12-13H2,(H,35,38). The van der Waals surface area contributed by atoms with E-state index in [4.69, 9.17) is 11.6 Å². The molecule has 2 aliphatic rings. The Bertz CT molecular complexity index is 1270. The number of benzene rings is 2. The molecule has 2 unspecified atom stereocenters. The third-order valence-electron chi connectivity index (χ3n) is 8.09. The number of aliphatic hydroxyl groups is 1. The van der Waals surface area contributed by atoms with Crippen LogP contribution in [0.15, 0.2) is 48.8 Å². The molecular weight excluding hydrogens is 508 g/mol. The Morgan fingerprint density at radius 2 is 1.74 bits per heavy atom. The van der Waals surface area contributed by atoms with E-state index in [9.17, 15) is 14.3 Å². The summed E-state index contributed by atoms with van der Waals surface area (Å²) in [6, 6.07) is 8.53. The van der Waals surface area contributed by atoms with Crippen molar-refractivity contribution in [2.75, 3.05) is 0 Å². The van der Waals surface area contributed by atoms with E-state index >= 15 is 4.39 Å². The molecule has 0 saturated heterocycles. The highest BCUT2D eigenvalue weighted by Crippen LogP contribution is 2.39. The zero-order valence-electron chi connectivity index (χ0n) is 21.4. The summed E-state index contributed by atoms with van der Waals surface area (Å²) < 4.78 is 31.9. The Morgan fingerprint density at radius 1 is 1.03 bits per heavy atom. The van der Waals surface area contributed by atoms with Gasteiger partial charge in [0.1, 0.15) is 18.0 Å². The molecule has 1 aromatic heterocycles. The maximum absolute atomic E-state index is 15.6. The lowest BCUT2D eigenvalue weighted by Gasteiger charge is -2.33. The van der Waals surface area contributed by atoms with Crippen molar-refractivity contribution in [3.05, 3.63) is 76.6 Å². The van der Waals surface area contributed by atoms with Crippen LogP contribution >= 0.6 is 11.6 Å². The van der Waals surface area contributed by atoms with E-state index in [0.29, 0.717) is 10.6 Å². The molecule has 0 radical (unpaired) electrons. The van der Waals surface area contributed by atoms with E-state index in [-0.39, 0.29) is 34.8 Å². The largest absolute Gasteiger partial charge is 0.384 e. The number of carbonyl (C=O) groups excluding carboxylic acids is 1. The SMILES string of the molecule is O=C(NC1CCCCC1)C(C1CCCCC1)n1ccnc1-c1c(C(O)c2cccc(Cl)c2)ccc(F)c1F. The first-order chi connectivity index (χ1) is 18.4. The minimum absolute atomic E-state index is 0.0539. The molecule has 2 atom stereocenters. The van der Waals surface area contributed by atoms with Crippen LogP contribution in [-0.2, 0) is 4.79 Å². The van der Waals surface area contributed by atoms with Crippen molar-refractivity contribution in [1.82, 2.24) is 14.9 Å². The molecule has 2 saturated carbocycles. The predicted molar refractivity (Wildman–Crippen MR) is 144 cm³/mol. The van der Waals surface area contributed by atoms with Gasteiger partial charge in [-0.1, -0.05) is 68.3 Å². The Hall–Kier alpha value is -2.77. The molecule has 202 valence electrons. The zero-order valence-corrected chi connectivity index (χ0v) is 22.1. The topological polar surface area (TPSA) is 67.2 Å². The molecule has 0 aliphatic heterocycles. The Labute approximate surface area is 227 Å². The van der Waals surface area contributed by atoms with Gasteiger partial charge in [-0.25, -0.2) is 13.8 Å². The highest BCUT2D eigenvalue weighted by atomic mass is 35.5. The van der Waals surface area contributed by atoms with E-state index in [2.05, 4.69) is 10.3 Å². The van der Waals surface area contributed by atoms with Crippen LogP contribution in [0.1, 0.15) is 87.5 Å². The number of halogens is 3.